The SMILES string of the molecule is CCCCCCC(CCCCCCCCCF)C(=O)Cl. The van der Waals surface area contributed by atoms with Crippen LogP contribution in [0.25, 0.3) is 0 Å². The van der Waals surface area contributed by atoms with Gasteiger partial charge >= 0.3 is 0 Å². The summed E-state index contributed by atoms with van der Waals surface area (Å²) < 4.78 is 11.9. The van der Waals surface area contributed by atoms with Crippen LogP contribution in [0, 0.1) is 5.92 Å². The van der Waals surface area contributed by atoms with E-state index < -0.39 is 0 Å². The lowest BCUT2D eigenvalue weighted by Gasteiger charge is -2.12. The third-order valence-electron chi connectivity index (χ3n) is 3.91. The molecular weight excluding hydrogens is 275 g/mol. The average molecular weight is 307 g/mol. The maximum atomic E-state index is 11.9. The number of unbranched alkanes of at least 4 members (excludes halogenated alkanes) is 9. The molecule has 0 spiro atoms. The minimum Gasteiger partial charge on any atom is -0.281 e. The molecule has 0 saturated heterocycles. The van der Waals surface area contributed by atoms with Crippen molar-refractivity contribution < 1.29 is 9.18 Å². The number of alkyl halides is 1. The molecule has 0 bridgehead atoms. The third kappa shape index (κ3) is 12.9. The van der Waals surface area contributed by atoms with Crippen LogP contribution < -0.4 is 0 Å². The van der Waals surface area contributed by atoms with E-state index in [0.29, 0.717) is 6.42 Å². The molecule has 1 atom stereocenters. The van der Waals surface area contributed by atoms with Gasteiger partial charge in [-0.25, -0.2) is 0 Å². The molecule has 1 unspecified atom stereocenters. The summed E-state index contributed by atoms with van der Waals surface area (Å²) in [6.45, 7) is 2.01. The fourth-order valence-corrected chi connectivity index (χ4v) is 2.78. The predicted molar refractivity (Wildman–Crippen MR) is 86.0 cm³/mol. The highest BCUT2D eigenvalue weighted by Crippen LogP contribution is 2.21. The summed E-state index contributed by atoms with van der Waals surface area (Å²) in [6.07, 6.45) is 14.2. The molecule has 1 nitrogen and oxygen atoms in total. The highest BCUT2D eigenvalue weighted by atomic mass is 35.5. The summed E-state index contributed by atoms with van der Waals surface area (Å²) in [4.78, 5) is 11.4. The summed E-state index contributed by atoms with van der Waals surface area (Å²) in [5.74, 6) is 0.0695. The van der Waals surface area contributed by atoms with Crippen LogP contribution in [0.1, 0.15) is 90.4 Å². The second-order valence-corrected chi connectivity index (χ2v) is 6.18. The average Bonchev–Trinajstić information content (AvgIpc) is 2.43. The molecule has 0 aromatic carbocycles. The molecule has 0 heterocycles. The van der Waals surface area contributed by atoms with E-state index in [1.54, 1.807) is 0 Å². The topological polar surface area (TPSA) is 17.1 Å². The quantitative estimate of drug-likeness (QED) is 0.252. The molecule has 0 aliphatic rings. The maximum Gasteiger partial charge on any atom is 0.224 e. The molecule has 20 heavy (non-hydrogen) atoms. The smallest absolute Gasteiger partial charge is 0.224 e. The van der Waals surface area contributed by atoms with Crippen molar-refractivity contribution in [2.75, 3.05) is 6.67 Å². The molecule has 0 saturated carbocycles. The van der Waals surface area contributed by atoms with Gasteiger partial charge in [-0.3, -0.25) is 9.18 Å². The molecule has 0 radical (unpaired) electrons. The zero-order chi connectivity index (χ0) is 15.1. The van der Waals surface area contributed by atoms with Crippen LogP contribution in [0.5, 0.6) is 0 Å². The first-order valence-electron chi connectivity index (χ1n) is 8.47. The third-order valence-corrected chi connectivity index (χ3v) is 4.22. The van der Waals surface area contributed by atoms with E-state index in [-0.39, 0.29) is 17.8 Å². The van der Waals surface area contributed by atoms with Crippen molar-refractivity contribution in [3.8, 4) is 0 Å². The van der Waals surface area contributed by atoms with Crippen LogP contribution in [0.15, 0.2) is 0 Å². The lowest BCUT2D eigenvalue weighted by molar-refractivity contribution is -0.115. The van der Waals surface area contributed by atoms with E-state index in [2.05, 4.69) is 6.92 Å². The van der Waals surface area contributed by atoms with Gasteiger partial charge in [0, 0.05) is 5.92 Å². The van der Waals surface area contributed by atoms with Crippen molar-refractivity contribution in [3.05, 3.63) is 0 Å². The monoisotopic (exact) mass is 306 g/mol. The van der Waals surface area contributed by atoms with Crippen LogP contribution in [0.2, 0.25) is 0 Å². The molecule has 0 amide bonds. The molecular formula is C17H32ClFO. The highest BCUT2D eigenvalue weighted by molar-refractivity contribution is 6.63. The summed E-state index contributed by atoms with van der Waals surface area (Å²) in [5.41, 5.74) is 0. The van der Waals surface area contributed by atoms with Gasteiger partial charge in [0.1, 0.15) is 0 Å². The van der Waals surface area contributed by atoms with Gasteiger partial charge in [0.25, 0.3) is 0 Å². The molecule has 0 rings (SSSR count). The molecule has 0 aliphatic heterocycles. The van der Waals surface area contributed by atoms with Gasteiger partial charge in [0.15, 0.2) is 0 Å². The van der Waals surface area contributed by atoms with Crippen LogP contribution in [-0.4, -0.2) is 11.9 Å². The largest absolute Gasteiger partial charge is 0.281 e. The second kappa shape index (κ2) is 15.3. The Morgan fingerprint density at radius 2 is 1.30 bits per heavy atom. The van der Waals surface area contributed by atoms with E-state index in [4.69, 9.17) is 11.6 Å². The number of hydrogen-bond donors (Lipinski definition) is 0. The fourth-order valence-electron chi connectivity index (χ4n) is 2.56. The van der Waals surface area contributed by atoms with E-state index in [1.807, 2.05) is 0 Å². The first-order valence-corrected chi connectivity index (χ1v) is 8.85. The molecule has 0 N–H and O–H groups in total. The van der Waals surface area contributed by atoms with Crippen molar-refractivity contribution >= 4 is 16.8 Å². The maximum absolute atomic E-state index is 11.9. The lowest BCUT2D eigenvalue weighted by atomic mass is 9.95. The minimum atomic E-state index is -0.183. The molecule has 0 fully saturated rings. The Labute approximate surface area is 129 Å². The molecule has 120 valence electrons. The van der Waals surface area contributed by atoms with E-state index in [9.17, 15) is 9.18 Å². The molecule has 0 aromatic heterocycles. The van der Waals surface area contributed by atoms with Crippen LogP contribution in [0.4, 0.5) is 4.39 Å². The molecule has 0 aliphatic carbocycles. The van der Waals surface area contributed by atoms with Crippen molar-refractivity contribution in [1.29, 1.82) is 0 Å². The van der Waals surface area contributed by atoms with E-state index >= 15 is 0 Å². The fraction of sp³-hybridized carbons (Fsp3) is 0.941. The Balaban J connectivity index is 3.48. The predicted octanol–water partition coefficient (Wildman–Crippen LogP) is 6.43. The van der Waals surface area contributed by atoms with Crippen molar-refractivity contribution in [1.82, 2.24) is 0 Å². The number of carbonyl (C=O) groups is 1. The van der Waals surface area contributed by atoms with Crippen LogP contribution in [0.3, 0.4) is 0 Å². The van der Waals surface area contributed by atoms with Gasteiger partial charge in [-0.2, -0.15) is 0 Å². The highest BCUT2D eigenvalue weighted by Gasteiger charge is 2.15. The summed E-state index contributed by atoms with van der Waals surface area (Å²) >= 11 is 5.68. The number of hydrogen-bond acceptors (Lipinski definition) is 1. The summed E-state index contributed by atoms with van der Waals surface area (Å²) in [6, 6.07) is 0. The first kappa shape index (κ1) is 19.9. The van der Waals surface area contributed by atoms with Gasteiger partial charge in [-0.15, -0.1) is 0 Å². The van der Waals surface area contributed by atoms with Gasteiger partial charge in [-0.1, -0.05) is 71.1 Å². The number of halogens is 2. The molecule has 0 aromatic rings. The second-order valence-electron chi connectivity index (χ2n) is 5.80. The molecule has 3 heteroatoms. The van der Waals surface area contributed by atoms with Gasteiger partial charge < -0.3 is 0 Å². The first-order chi connectivity index (χ1) is 9.72. The van der Waals surface area contributed by atoms with Crippen molar-refractivity contribution in [2.24, 2.45) is 5.92 Å². The Kier molecular flexibility index (Phi) is 15.2. The number of carbonyl (C=O) groups excluding carboxylic acids is 1. The van der Waals surface area contributed by atoms with E-state index in [1.165, 1.54) is 38.5 Å². The Hall–Kier alpha value is -0.110. The Morgan fingerprint density at radius 1 is 0.850 bits per heavy atom. The minimum absolute atomic E-state index is 0.0695. The summed E-state index contributed by atoms with van der Waals surface area (Å²) in [7, 11) is 0. The summed E-state index contributed by atoms with van der Waals surface area (Å²) in [5, 5.41) is -0.149. The normalized spacial score (nSPS) is 12.6. The Morgan fingerprint density at radius 3 is 1.75 bits per heavy atom. The van der Waals surface area contributed by atoms with Crippen LogP contribution in [-0.2, 0) is 4.79 Å². The Bertz CT molecular complexity index is 221. The number of rotatable bonds is 15. The lowest BCUT2D eigenvalue weighted by Crippen LogP contribution is -2.08. The van der Waals surface area contributed by atoms with Gasteiger partial charge in [0.05, 0.1) is 6.67 Å². The zero-order valence-corrected chi connectivity index (χ0v) is 13.9. The van der Waals surface area contributed by atoms with Crippen molar-refractivity contribution in [3.63, 3.8) is 0 Å². The zero-order valence-electron chi connectivity index (χ0n) is 13.1. The van der Waals surface area contributed by atoms with Crippen LogP contribution >= 0.6 is 11.6 Å². The standard InChI is InChI=1S/C17H32ClFO/c1-2-3-4-10-13-16(17(18)20)14-11-8-6-5-7-9-12-15-19/h16H,2-15H2,1H3. The van der Waals surface area contributed by atoms with Crippen molar-refractivity contribution in [2.45, 2.75) is 90.4 Å². The van der Waals surface area contributed by atoms with Gasteiger partial charge in [-0.05, 0) is 30.9 Å². The van der Waals surface area contributed by atoms with Gasteiger partial charge in [0.2, 0.25) is 5.24 Å². The van der Waals surface area contributed by atoms with E-state index in [0.717, 1.165) is 38.5 Å².